The van der Waals surface area contributed by atoms with Gasteiger partial charge in [0.1, 0.15) is 23.0 Å². The summed E-state index contributed by atoms with van der Waals surface area (Å²) in [7, 11) is -9.22. The first-order valence-electron chi connectivity index (χ1n) is 43.5. The fraction of sp³-hybridized carbons (Fsp3) is 0.435. The van der Waals surface area contributed by atoms with Crippen molar-refractivity contribution < 1.29 is 73.3 Å². The number of phenols is 2. The molecule has 0 aliphatic rings. The van der Waals surface area contributed by atoms with Crippen molar-refractivity contribution >= 4 is 73.3 Å². The lowest BCUT2D eigenvalue weighted by molar-refractivity contribution is 0.251. The molecule has 0 spiro atoms. The monoisotopic (exact) mass is 1730 g/mol. The first-order valence-corrected chi connectivity index (χ1v) is 45.1. The van der Waals surface area contributed by atoms with Gasteiger partial charge in [-0.1, -0.05) is 62.7 Å². The number of sulfone groups is 1. The Balaban J connectivity index is 0.000000306. The van der Waals surface area contributed by atoms with Crippen molar-refractivity contribution in [1.29, 1.82) is 0 Å². The van der Waals surface area contributed by atoms with E-state index in [1.54, 1.807) is 123 Å². The maximum Gasteiger partial charge on any atom is 0.376 e. The molecule has 9 aromatic rings. The third-order valence-electron chi connectivity index (χ3n) is 21.8. The topological polar surface area (TPSA) is 382 Å². The first-order chi connectivity index (χ1) is 59.7. The van der Waals surface area contributed by atoms with Crippen molar-refractivity contribution in [2.45, 2.75) is 113 Å². The van der Waals surface area contributed by atoms with Gasteiger partial charge in [0.15, 0.2) is 9.84 Å². The van der Waals surface area contributed by atoms with E-state index in [1.807, 2.05) is 186 Å². The van der Waals surface area contributed by atoms with Gasteiger partial charge in [0.05, 0.1) is 69.4 Å². The number of aryl methyl sites for hydroxylation is 1. The third kappa shape index (κ3) is 35.6. The van der Waals surface area contributed by atoms with E-state index < -0.39 is 73.3 Å². The number of hydrogen-bond acceptors (Lipinski definition) is 30. The van der Waals surface area contributed by atoms with Crippen LogP contribution in [0.25, 0.3) is 67.8 Å². The van der Waals surface area contributed by atoms with E-state index in [0.29, 0.717) is 195 Å². The minimum atomic E-state index is -3.36. The highest BCUT2D eigenvalue weighted by atomic mass is 32.2. The first kappa shape index (κ1) is 104. The summed E-state index contributed by atoms with van der Waals surface area (Å²) in [6, 6.07) is 47.6. The van der Waals surface area contributed by atoms with Crippen LogP contribution in [-0.2, 0) is 9.84 Å². The fourth-order valence-corrected chi connectivity index (χ4v) is 15.5. The molecule has 0 saturated carbocycles. The van der Waals surface area contributed by atoms with Gasteiger partial charge in [-0.2, -0.15) is 0 Å². The number of pyridine rings is 6. The largest absolute Gasteiger partial charge is 0.508 e. The second-order valence-corrected chi connectivity index (χ2v) is 33.3. The highest BCUT2D eigenvalue weighted by Gasteiger charge is 2.28. The lowest BCUT2D eigenvalue weighted by atomic mass is 9.82. The van der Waals surface area contributed by atoms with Crippen LogP contribution in [0.4, 0.5) is 0 Å². The van der Waals surface area contributed by atoms with Gasteiger partial charge in [-0.25, -0.2) is 18.4 Å². The third-order valence-corrected chi connectivity index (χ3v) is 23.6. The molecule has 125 heavy (non-hydrogen) atoms. The molecule has 0 unspecified atom stereocenters. The normalized spacial score (nSPS) is 11.5. The Bertz CT molecular complexity index is 4470. The van der Waals surface area contributed by atoms with Crippen LogP contribution in [0.5, 0.6) is 23.0 Å². The number of phenolic OH excluding ortho intramolecular Hbond substituents is 2. The Hall–Kier alpha value is -8.43. The van der Waals surface area contributed by atoms with Crippen molar-refractivity contribution in [3.05, 3.63) is 188 Å². The molecule has 0 aliphatic carbocycles. The molecule has 3 aromatic carbocycles. The molecule has 0 atom stereocenters. The van der Waals surface area contributed by atoms with E-state index in [0.717, 1.165) is 45.0 Å². The SMILES string of the molecule is CCN(CCN(CCN(CCCOc1cc(OCCCN(CCN(CCN(CC)B(C)O)B(C)O)B(C)O)cc(-c2cc(-c3ccccn3)nc(-c3ccccn3)c2)c1)B(C)O)B(C)O)B(C)O.CCN(CCN(CCN(CCCS(=O)(=O)c1ccc(C)cc1)B(C)O)B(C)O)B(C)O.Oc1cc(O)cc(-c2cc(-c3ccccn3)nc(-c3ccccn3)c2)c1. The molecule has 30 nitrogen and oxygen atoms in total. The molecular weight excluding hydrogens is 1600 g/mol. The van der Waals surface area contributed by atoms with Crippen molar-refractivity contribution in [2.24, 2.45) is 0 Å². The summed E-state index contributed by atoms with van der Waals surface area (Å²) in [6.07, 6.45) is 8.55. The average molecular weight is 1730 g/mol. The van der Waals surface area contributed by atoms with Gasteiger partial charge < -0.3 is 108 Å². The standard InChI is InChI=1S/C45H75B6N9O8.C21H15N3O2.C19H38B3N3O5S/c1-9-55(46(3)61)23-25-59(50(7)65)29-27-57(48(5)63)21-15-31-67-40-33-38(39-35-44(42-17-11-13-19-52-42)54-45(36-39)43-18-12-14-20-53-43)34-41(37-40)68-32-16-22-58(49(6)64)28-30-60(51(8)66)26-24-56(10-2)47(4)62;25-16-9-14(10-17(26)13-16)15-11-20(18-5-1-3-7-22-18)24-21(12-15)19-6-2-4-8-23-19;1-6-23(20(3)26)13-14-25(22(5)28)16-15-24(21(4)27)12-7-17-31(29,30)19-10-8-18(2)9-11-19/h11-14,17-20,33-37,61-66H,9-10,15-16,21-32H2,1-8H3;1-13,25-26H;8-11,26-28H,6-7,12-17H2,1-5H3. The Kier molecular flexibility index (Phi) is 44.8. The average Bonchev–Trinajstić information content (AvgIpc) is 0.801. The molecule has 0 saturated heterocycles. The smallest absolute Gasteiger partial charge is 0.376 e. The zero-order chi connectivity index (χ0) is 91.1. The van der Waals surface area contributed by atoms with Gasteiger partial charge in [-0.05, 0) is 258 Å². The van der Waals surface area contributed by atoms with Crippen molar-refractivity contribution in [3.8, 4) is 90.8 Å². The van der Waals surface area contributed by atoms with Gasteiger partial charge in [0, 0.05) is 115 Å². The predicted molar refractivity (Wildman–Crippen MR) is 509 cm³/mol. The number of aromatic nitrogens is 6. The van der Waals surface area contributed by atoms with Crippen LogP contribution in [0.3, 0.4) is 0 Å². The van der Waals surface area contributed by atoms with Crippen molar-refractivity contribution in [3.63, 3.8) is 0 Å². The Morgan fingerprint density at radius 1 is 0.304 bits per heavy atom. The predicted octanol–water partition coefficient (Wildman–Crippen LogP) is 7.62. The van der Waals surface area contributed by atoms with Crippen LogP contribution in [0, 0.1) is 6.92 Å². The summed E-state index contributed by atoms with van der Waals surface area (Å²) in [5.41, 5.74) is 9.86. The Labute approximate surface area is 744 Å². The molecule has 40 heteroatoms. The summed E-state index contributed by atoms with van der Waals surface area (Å²) in [4.78, 5) is 45.2. The summed E-state index contributed by atoms with van der Waals surface area (Å²) in [5, 5.41) is 112. The zero-order valence-electron chi connectivity index (χ0n) is 75.2. The van der Waals surface area contributed by atoms with E-state index >= 15 is 0 Å². The van der Waals surface area contributed by atoms with Gasteiger partial charge in [0.25, 0.3) is 0 Å². The lowest BCUT2D eigenvalue weighted by Crippen LogP contribution is -2.50. The molecule has 0 amide bonds. The molecule has 9 rings (SSSR count). The zero-order valence-corrected chi connectivity index (χ0v) is 76.0. The number of nitrogens with zero attached hydrogens (tertiary/aromatic N) is 15. The molecule has 6 aromatic heterocycles. The number of ether oxygens (including phenoxy) is 2. The van der Waals surface area contributed by atoms with E-state index in [1.165, 1.54) is 6.07 Å². The summed E-state index contributed by atoms with van der Waals surface area (Å²) >= 11 is 0. The van der Waals surface area contributed by atoms with Gasteiger partial charge >= 0.3 is 63.5 Å². The van der Waals surface area contributed by atoms with Crippen molar-refractivity contribution in [1.82, 2.24) is 73.2 Å². The number of hydrogen-bond donors (Lipinski definition) is 11. The summed E-state index contributed by atoms with van der Waals surface area (Å²) < 4.78 is 38.0. The molecular formula is C85H128B9N15O15S. The summed E-state index contributed by atoms with van der Waals surface area (Å²) in [6.45, 7) is 34.5. The van der Waals surface area contributed by atoms with Crippen LogP contribution in [0.2, 0.25) is 61.4 Å². The van der Waals surface area contributed by atoms with Gasteiger partial charge in [-0.15, -0.1) is 0 Å². The second-order valence-electron chi connectivity index (χ2n) is 31.2. The number of likely N-dealkylation sites (N-methyl/N-ethyl adjacent to an activating group) is 3. The van der Waals surface area contributed by atoms with Crippen LogP contribution >= 0.6 is 0 Å². The van der Waals surface area contributed by atoms with Crippen molar-refractivity contribution in [2.75, 3.05) is 137 Å². The number of aromatic hydroxyl groups is 2. The van der Waals surface area contributed by atoms with E-state index in [9.17, 15) is 63.8 Å². The highest BCUT2D eigenvalue weighted by Crippen LogP contribution is 2.36. The van der Waals surface area contributed by atoms with E-state index in [2.05, 4.69) is 19.9 Å². The fourth-order valence-electron chi connectivity index (χ4n) is 14.2. The lowest BCUT2D eigenvalue weighted by Gasteiger charge is -2.31. The Morgan fingerprint density at radius 2 is 0.560 bits per heavy atom. The maximum atomic E-state index is 12.5. The molecule has 666 valence electrons. The van der Waals surface area contributed by atoms with Crippen LogP contribution in [-0.4, -0.2) is 337 Å². The minimum Gasteiger partial charge on any atom is -0.508 e. The number of rotatable bonds is 51. The Morgan fingerprint density at radius 3 is 0.824 bits per heavy atom. The van der Waals surface area contributed by atoms with Crippen LogP contribution in [0.15, 0.2) is 187 Å². The van der Waals surface area contributed by atoms with E-state index in [-0.39, 0.29) is 17.3 Å². The quantitative estimate of drug-likeness (QED) is 0.0129. The summed E-state index contributed by atoms with van der Waals surface area (Å²) in [5.74, 6) is 1.22. The molecule has 0 radical (unpaired) electrons. The molecule has 6 heterocycles. The maximum absolute atomic E-state index is 12.5. The molecule has 0 bridgehead atoms. The number of benzene rings is 3. The van der Waals surface area contributed by atoms with Crippen LogP contribution in [0.1, 0.15) is 45.6 Å². The van der Waals surface area contributed by atoms with E-state index in [4.69, 9.17) is 19.4 Å². The molecule has 0 fully saturated rings. The van der Waals surface area contributed by atoms with Gasteiger partial charge in [-0.3, -0.25) is 19.9 Å². The molecule has 0 aliphatic heterocycles. The minimum absolute atomic E-state index is 0.00409. The second kappa shape index (κ2) is 54.0. The van der Waals surface area contributed by atoms with Crippen LogP contribution < -0.4 is 9.47 Å². The highest BCUT2D eigenvalue weighted by molar-refractivity contribution is 7.91. The van der Waals surface area contributed by atoms with Gasteiger partial charge in [0.2, 0.25) is 0 Å². The molecule has 11 N–H and O–H groups in total.